The number of carbonyl (C=O) groups excluding carboxylic acids is 1. The molecule has 0 spiro atoms. The summed E-state index contributed by atoms with van der Waals surface area (Å²) in [6.07, 6.45) is 3.22. The van der Waals surface area contributed by atoms with Crippen LogP contribution in [0.5, 0.6) is 0 Å². The van der Waals surface area contributed by atoms with Gasteiger partial charge in [-0.3, -0.25) is 4.79 Å². The first-order chi connectivity index (χ1) is 12.2. The van der Waals surface area contributed by atoms with E-state index in [4.69, 9.17) is 5.73 Å². The molecule has 2 heterocycles. The lowest BCUT2D eigenvalue weighted by molar-refractivity contribution is 0.0951. The average Bonchev–Trinajstić information content (AvgIpc) is 3.27. The molecule has 0 aliphatic carbocycles. The molecule has 0 atom stereocenters. The third kappa shape index (κ3) is 3.09. The van der Waals surface area contributed by atoms with Crippen molar-refractivity contribution in [3.8, 4) is 5.13 Å². The quantitative estimate of drug-likeness (QED) is 0.555. The molecule has 6 nitrogen and oxygen atoms in total. The Morgan fingerprint density at radius 3 is 2.80 bits per heavy atom. The standard InChI is InChI=1S/C18H15N5OS/c19-14-6-2-1-5-12(14)9-20-17(24)13-10-21-23(11-13)18-22-15-7-3-4-8-16(15)25-18/h1-8,10-11H,9,19H2,(H,20,24). The van der Waals surface area contributed by atoms with Crippen LogP contribution in [0.4, 0.5) is 5.69 Å². The number of para-hydroxylation sites is 2. The lowest BCUT2D eigenvalue weighted by atomic mass is 10.2. The fourth-order valence-corrected chi connectivity index (χ4v) is 3.37. The van der Waals surface area contributed by atoms with Crippen molar-refractivity contribution in [2.24, 2.45) is 0 Å². The minimum absolute atomic E-state index is 0.199. The number of nitrogen functional groups attached to an aromatic ring is 1. The maximum atomic E-state index is 12.3. The van der Waals surface area contributed by atoms with Gasteiger partial charge in [0, 0.05) is 18.4 Å². The van der Waals surface area contributed by atoms with Crippen LogP contribution in [-0.2, 0) is 6.54 Å². The fraction of sp³-hybridized carbons (Fsp3) is 0.0556. The molecule has 25 heavy (non-hydrogen) atoms. The molecule has 0 bridgehead atoms. The van der Waals surface area contributed by atoms with E-state index in [1.807, 2.05) is 48.5 Å². The van der Waals surface area contributed by atoms with Gasteiger partial charge >= 0.3 is 0 Å². The molecule has 0 radical (unpaired) electrons. The number of aromatic nitrogens is 3. The van der Waals surface area contributed by atoms with Gasteiger partial charge in [-0.05, 0) is 23.8 Å². The van der Waals surface area contributed by atoms with Gasteiger partial charge in [0.25, 0.3) is 5.91 Å². The molecule has 0 aliphatic heterocycles. The van der Waals surface area contributed by atoms with Crippen molar-refractivity contribution in [2.75, 3.05) is 5.73 Å². The predicted octanol–water partition coefficient (Wildman–Crippen LogP) is 2.99. The van der Waals surface area contributed by atoms with Crippen molar-refractivity contribution in [1.29, 1.82) is 0 Å². The van der Waals surface area contributed by atoms with Gasteiger partial charge < -0.3 is 11.1 Å². The number of rotatable bonds is 4. The summed E-state index contributed by atoms with van der Waals surface area (Å²) >= 11 is 1.53. The predicted molar refractivity (Wildman–Crippen MR) is 98.8 cm³/mol. The number of fused-ring (bicyclic) bond motifs is 1. The third-order valence-corrected chi connectivity index (χ3v) is 4.84. The minimum atomic E-state index is -0.199. The Balaban J connectivity index is 1.50. The smallest absolute Gasteiger partial charge is 0.254 e. The Bertz CT molecular complexity index is 1020. The van der Waals surface area contributed by atoms with Gasteiger partial charge in [-0.2, -0.15) is 5.10 Å². The Labute approximate surface area is 147 Å². The molecule has 4 rings (SSSR count). The van der Waals surface area contributed by atoms with Crippen LogP contribution in [0.1, 0.15) is 15.9 Å². The van der Waals surface area contributed by atoms with Crippen molar-refractivity contribution in [3.63, 3.8) is 0 Å². The van der Waals surface area contributed by atoms with E-state index < -0.39 is 0 Å². The molecule has 0 saturated carbocycles. The first-order valence-corrected chi connectivity index (χ1v) is 8.54. The summed E-state index contributed by atoms with van der Waals surface area (Å²) in [4.78, 5) is 16.9. The van der Waals surface area contributed by atoms with Crippen LogP contribution < -0.4 is 11.1 Å². The van der Waals surface area contributed by atoms with E-state index >= 15 is 0 Å². The number of hydrogen-bond acceptors (Lipinski definition) is 5. The van der Waals surface area contributed by atoms with E-state index in [0.717, 1.165) is 20.9 Å². The van der Waals surface area contributed by atoms with Gasteiger partial charge in [-0.1, -0.05) is 41.7 Å². The molecular weight excluding hydrogens is 334 g/mol. The molecule has 0 fully saturated rings. The molecule has 7 heteroatoms. The van der Waals surface area contributed by atoms with E-state index in [1.165, 1.54) is 17.5 Å². The topological polar surface area (TPSA) is 85.8 Å². The van der Waals surface area contributed by atoms with E-state index in [1.54, 1.807) is 10.9 Å². The zero-order valence-electron chi connectivity index (χ0n) is 13.2. The molecule has 4 aromatic rings. The third-order valence-electron chi connectivity index (χ3n) is 3.82. The van der Waals surface area contributed by atoms with Crippen molar-refractivity contribution < 1.29 is 4.79 Å². The normalized spacial score (nSPS) is 10.9. The number of anilines is 1. The summed E-state index contributed by atoms with van der Waals surface area (Å²) in [5, 5.41) is 7.84. The monoisotopic (exact) mass is 349 g/mol. The lowest BCUT2D eigenvalue weighted by Gasteiger charge is -2.06. The van der Waals surface area contributed by atoms with E-state index in [0.29, 0.717) is 17.8 Å². The van der Waals surface area contributed by atoms with Crippen molar-refractivity contribution in [1.82, 2.24) is 20.1 Å². The molecule has 2 aromatic heterocycles. The SMILES string of the molecule is Nc1ccccc1CNC(=O)c1cnn(-c2nc3ccccc3s2)c1. The lowest BCUT2D eigenvalue weighted by Crippen LogP contribution is -2.22. The van der Waals surface area contributed by atoms with Crippen LogP contribution in [0.25, 0.3) is 15.3 Å². The van der Waals surface area contributed by atoms with E-state index in [9.17, 15) is 4.79 Å². The van der Waals surface area contributed by atoms with E-state index in [-0.39, 0.29) is 5.91 Å². The molecular formula is C18H15N5OS. The second-order valence-corrected chi connectivity index (χ2v) is 6.53. The molecule has 2 aromatic carbocycles. The Morgan fingerprint density at radius 2 is 1.96 bits per heavy atom. The zero-order chi connectivity index (χ0) is 17.2. The number of thiazole rings is 1. The van der Waals surface area contributed by atoms with Crippen LogP contribution in [0, 0.1) is 0 Å². The number of nitrogens with two attached hydrogens (primary N) is 1. The first-order valence-electron chi connectivity index (χ1n) is 7.73. The number of amides is 1. The second-order valence-electron chi connectivity index (χ2n) is 5.52. The Morgan fingerprint density at radius 1 is 1.16 bits per heavy atom. The first kappa shape index (κ1) is 15.3. The highest BCUT2D eigenvalue weighted by molar-refractivity contribution is 7.20. The van der Waals surface area contributed by atoms with Crippen molar-refractivity contribution >= 4 is 33.1 Å². The van der Waals surface area contributed by atoms with Crippen LogP contribution in [0.2, 0.25) is 0 Å². The average molecular weight is 349 g/mol. The molecule has 0 aliphatic rings. The number of carbonyl (C=O) groups is 1. The van der Waals surface area contributed by atoms with Crippen LogP contribution in [0.3, 0.4) is 0 Å². The second kappa shape index (κ2) is 6.37. The van der Waals surface area contributed by atoms with Crippen LogP contribution >= 0.6 is 11.3 Å². The number of hydrogen-bond donors (Lipinski definition) is 2. The molecule has 0 saturated heterocycles. The largest absolute Gasteiger partial charge is 0.398 e. The van der Waals surface area contributed by atoms with E-state index in [2.05, 4.69) is 15.4 Å². The van der Waals surface area contributed by atoms with Gasteiger partial charge in [0.1, 0.15) is 0 Å². The molecule has 1 amide bonds. The fourth-order valence-electron chi connectivity index (χ4n) is 2.48. The summed E-state index contributed by atoms with van der Waals surface area (Å²) in [5.41, 5.74) is 8.83. The number of nitrogens with zero attached hydrogens (tertiary/aromatic N) is 3. The summed E-state index contributed by atoms with van der Waals surface area (Å²) in [5.74, 6) is -0.199. The molecule has 0 unspecified atom stereocenters. The summed E-state index contributed by atoms with van der Waals surface area (Å²) in [6.45, 7) is 0.373. The highest BCUT2D eigenvalue weighted by atomic mass is 32.1. The molecule has 124 valence electrons. The maximum Gasteiger partial charge on any atom is 0.254 e. The highest BCUT2D eigenvalue weighted by Crippen LogP contribution is 2.24. The van der Waals surface area contributed by atoms with Crippen molar-refractivity contribution in [2.45, 2.75) is 6.54 Å². The van der Waals surface area contributed by atoms with Gasteiger partial charge in [0.15, 0.2) is 0 Å². The maximum absolute atomic E-state index is 12.3. The summed E-state index contributed by atoms with van der Waals surface area (Å²) in [7, 11) is 0. The van der Waals surface area contributed by atoms with Crippen molar-refractivity contribution in [3.05, 3.63) is 72.1 Å². The van der Waals surface area contributed by atoms with Crippen LogP contribution in [0.15, 0.2) is 60.9 Å². The van der Waals surface area contributed by atoms with Gasteiger partial charge in [-0.25, -0.2) is 9.67 Å². The zero-order valence-corrected chi connectivity index (χ0v) is 14.0. The highest BCUT2D eigenvalue weighted by Gasteiger charge is 2.12. The summed E-state index contributed by atoms with van der Waals surface area (Å²) in [6, 6.07) is 15.3. The van der Waals surface area contributed by atoms with Crippen LogP contribution in [-0.4, -0.2) is 20.7 Å². The minimum Gasteiger partial charge on any atom is -0.398 e. The van der Waals surface area contributed by atoms with Gasteiger partial charge in [0.05, 0.1) is 22.0 Å². The summed E-state index contributed by atoms with van der Waals surface area (Å²) < 4.78 is 2.70. The number of benzene rings is 2. The Kier molecular flexibility index (Phi) is 3.91. The Hall–Kier alpha value is -3.19. The van der Waals surface area contributed by atoms with Gasteiger partial charge in [0.2, 0.25) is 5.13 Å². The number of nitrogens with one attached hydrogen (secondary N) is 1. The molecule has 3 N–H and O–H groups in total. The van der Waals surface area contributed by atoms with Gasteiger partial charge in [-0.15, -0.1) is 0 Å².